The molecule has 3 aromatic rings. The Bertz CT molecular complexity index is 810. The summed E-state index contributed by atoms with van der Waals surface area (Å²) in [4.78, 5) is 20.7. The first-order chi connectivity index (χ1) is 10.2. The Labute approximate surface area is 121 Å². The van der Waals surface area contributed by atoms with Crippen molar-refractivity contribution in [2.75, 3.05) is 18.5 Å². The molecule has 0 bridgehead atoms. The number of pyridine rings is 2. The van der Waals surface area contributed by atoms with Gasteiger partial charge in [-0.15, -0.1) is 0 Å². The molecule has 0 amide bonds. The van der Waals surface area contributed by atoms with Crippen LogP contribution in [0.4, 0.5) is 5.82 Å². The summed E-state index contributed by atoms with van der Waals surface area (Å²) >= 11 is 0. The summed E-state index contributed by atoms with van der Waals surface area (Å²) in [5.41, 5.74) is 1.08. The van der Waals surface area contributed by atoms with Gasteiger partial charge in [0, 0.05) is 35.9 Å². The predicted molar refractivity (Wildman–Crippen MR) is 80.6 cm³/mol. The summed E-state index contributed by atoms with van der Waals surface area (Å²) < 4.78 is 6.96. The van der Waals surface area contributed by atoms with Crippen molar-refractivity contribution in [3.63, 3.8) is 0 Å². The Morgan fingerprint density at radius 2 is 2.19 bits per heavy atom. The van der Waals surface area contributed by atoms with Crippen LogP contribution in [-0.2, 0) is 4.74 Å². The lowest BCUT2D eigenvalue weighted by Gasteiger charge is -2.10. The number of fused-ring (bicyclic) bond motifs is 3. The number of aromatic nitrogens is 3. The van der Waals surface area contributed by atoms with Gasteiger partial charge in [-0.2, -0.15) is 0 Å². The highest BCUT2D eigenvalue weighted by atomic mass is 16.5. The van der Waals surface area contributed by atoms with Crippen LogP contribution in [0.1, 0.15) is 24.3 Å². The number of carbonyl (C=O) groups excluding carboxylic acids is 1. The van der Waals surface area contributed by atoms with Crippen molar-refractivity contribution >= 4 is 28.2 Å². The number of esters is 1. The molecule has 108 valence electrons. The second-order valence-electron chi connectivity index (χ2n) is 4.54. The quantitative estimate of drug-likeness (QED) is 0.745. The van der Waals surface area contributed by atoms with Gasteiger partial charge in [0.05, 0.1) is 6.61 Å². The average molecular weight is 284 g/mol. The van der Waals surface area contributed by atoms with Gasteiger partial charge in [-0.25, -0.2) is 14.8 Å². The molecule has 6 nitrogen and oxygen atoms in total. The largest absolute Gasteiger partial charge is 0.461 e. The molecule has 0 saturated carbocycles. The van der Waals surface area contributed by atoms with E-state index in [-0.39, 0.29) is 5.69 Å². The number of nitrogens with one attached hydrogen (secondary N) is 1. The summed E-state index contributed by atoms with van der Waals surface area (Å²) in [5, 5.41) is 4.99. The van der Waals surface area contributed by atoms with Crippen molar-refractivity contribution in [1.29, 1.82) is 0 Å². The van der Waals surface area contributed by atoms with E-state index in [0.29, 0.717) is 19.0 Å². The minimum absolute atomic E-state index is 0.288. The Morgan fingerprint density at radius 3 is 2.95 bits per heavy atom. The van der Waals surface area contributed by atoms with Crippen LogP contribution in [0, 0.1) is 0 Å². The Morgan fingerprint density at radius 1 is 1.33 bits per heavy atom. The van der Waals surface area contributed by atoms with Crippen LogP contribution in [0.3, 0.4) is 0 Å². The maximum Gasteiger partial charge on any atom is 0.357 e. The lowest BCUT2D eigenvalue weighted by molar-refractivity contribution is 0.0520. The SMILES string of the molecule is CCNc1nc(C(=O)OCC)cc2c1ccn1ccnc21. The molecular formula is C15H16N4O2. The molecule has 0 saturated heterocycles. The van der Waals surface area contributed by atoms with E-state index in [1.54, 1.807) is 19.2 Å². The van der Waals surface area contributed by atoms with E-state index < -0.39 is 5.97 Å². The molecule has 0 aromatic carbocycles. The zero-order valence-corrected chi connectivity index (χ0v) is 12.0. The molecule has 0 atom stereocenters. The molecule has 6 heteroatoms. The molecule has 1 N–H and O–H groups in total. The summed E-state index contributed by atoms with van der Waals surface area (Å²) in [6.45, 7) is 4.80. The number of hydrogen-bond donors (Lipinski definition) is 1. The summed E-state index contributed by atoms with van der Waals surface area (Å²) in [7, 11) is 0. The van der Waals surface area contributed by atoms with Gasteiger partial charge in [-0.05, 0) is 26.0 Å². The minimum atomic E-state index is -0.424. The molecule has 3 rings (SSSR count). The lowest BCUT2D eigenvalue weighted by Crippen LogP contribution is -2.10. The van der Waals surface area contributed by atoms with Gasteiger partial charge in [0.15, 0.2) is 5.69 Å². The van der Waals surface area contributed by atoms with E-state index in [2.05, 4.69) is 15.3 Å². The third-order valence-electron chi connectivity index (χ3n) is 3.20. The molecule has 0 aliphatic carbocycles. The smallest absolute Gasteiger partial charge is 0.357 e. The fourth-order valence-corrected chi connectivity index (χ4v) is 2.32. The van der Waals surface area contributed by atoms with Crippen molar-refractivity contribution in [2.45, 2.75) is 13.8 Å². The third kappa shape index (κ3) is 2.29. The molecule has 0 unspecified atom stereocenters. The maximum atomic E-state index is 12.0. The van der Waals surface area contributed by atoms with Crippen molar-refractivity contribution in [2.24, 2.45) is 0 Å². The molecule has 0 aliphatic rings. The topological polar surface area (TPSA) is 68.5 Å². The molecule has 0 spiro atoms. The van der Waals surface area contributed by atoms with Gasteiger partial charge in [0.1, 0.15) is 11.5 Å². The molecule has 3 aromatic heterocycles. The molecular weight excluding hydrogens is 268 g/mol. The first kappa shape index (κ1) is 13.4. The molecule has 3 heterocycles. The zero-order valence-electron chi connectivity index (χ0n) is 12.0. The van der Waals surface area contributed by atoms with E-state index in [0.717, 1.165) is 16.4 Å². The Kier molecular flexibility index (Phi) is 3.43. The monoisotopic (exact) mass is 284 g/mol. The second-order valence-corrected chi connectivity index (χ2v) is 4.54. The highest BCUT2D eigenvalue weighted by Crippen LogP contribution is 2.26. The number of imidazole rings is 1. The Hall–Kier alpha value is -2.63. The van der Waals surface area contributed by atoms with Crippen LogP contribution >= 0.6 is 0 Å². The molecule has 0 radical (unpaired) electrons. The van der Waals surface area contributed by atoms with Gasteiger partial charge in [-0.3, -0.25) is 0 Å². The zero-order chi connectivity index (χ0) is 14.8. The fraction of sp³-hybridized carbons (Fsp3) is 0.267. The highest BCUT2D eigenvalue weighted by Gasteiger charge is 2.15. The van der Waals surface area contributed by atoms with Crippen molar-refractivity contribution in [1.82, 2.24) is 14.4 Å². The second kappa shape index (κ2) is 5.40. The van der Waals surface area contributed by atoms with Gasteiger partial charge < -0.3 is 14.5 Å². The van der Waals surface area contributed by atoms with Crippen LogP contribution in [0.25, 0.3) is 16.4 Å². The number of anilines is 1. The van der Waals surface area contributed by atoms with Crippen LogP contribution in [0.15, 0.2) is 30.7 Å². The maximum absolute atomic E-state index is 12.0. The first-order valence-corrected chi connectivity index (χ1v) is 6.92. The summed E-state index contributed by atoms with van der Waals surface area (Å²) in [6, 6.07) is 3.69. The lowest BCUT2D eigenvalue weighted by atomic mass is 10.1. The van der Waals surface area contributed by atoms with Crippen molar-refractivity contribution in [3.8, 4) is 0 Å². The van der Waals surface area contributed by atoms with E-state index in [1.165, 1.54) is 0 Å². The van der Waals surface area contributed by atoms with E-state index in [4.69, 9.17) is 4.74 Å². The van der Waals surface area contributed by atoms with E-state index in [9.17, 15) is 4.79 Å². The third-order valence-corrected chi connectivity index (χ3v) is 3.20. The van der Waals surface area contributed by atoms with Crippen LogP contribution in [0.2, 0.25) is 0 Å². The van der Waals surface area contributed by atoms with Gasteiger partial charge in [0.25, 0.3) is 0 Å². The van der Waals surface area contributed by atoms with Crippen molar-refractivity contribution < 1.29 is 9.53 Å². The van der Waals surface area contributed by atoms with Crippen LogP contribution < -0.4 is 5.32 Å². The number of hydrogen-bond acceptors (Lipinski definition) is 5. The molecule has 21 heavy (non-hydrogen) atoms. The van der Waals surface area contributed by atoms with Gasteiger partial charge in [0.2, 0.25) is 0 Å². The molecule has 0 fully saturated rings. The first-order valence-electron chi connectivity index (χ1n) is 6.92. The van der Waals surface area contributed by atoms with E-state index >= 15 is 0 Å². The molecule has 0 aliphatic heterocycles. The van der Waals surface area contributed by atoms with E-state index in [1.807, 2.05) is 29.8 Å². The number of nitrogens with zero attached hydrogens (tertiary/aromatic N) is 3. The fourth-order valence-electron chi connectivity index (χ4n) is 2.32. The minimum Gasteiger partial charge on any atom is -0.461 e. The van der Waals surface area contributed by atoms with Crippen LogP contribution in [-0.4, -0.2) is 33.5 Å². The van der Waals surface area contributed by atoms with Crippen molar-refractivity contribution in [3.05, 3.63) is 36.4 Å². The number of ether oxygens (including phenoxy) is 1. The Balaban J connectivity index is 2.28. The van der Waals surface area contributed by atoms with Crippen LogP contribution in [0.5, 0.6) is 0 Å². The summed E-state index contributed by atoms with van der Waals surface area (Å²) in [5.74, 6) is 0.246. The summed E-state index contributed by atoms with van der Waals surface area (Å²) in [6.07, 6.45) is 5.52. The standard InChI is InChI=1S/C15H16N4O2/c1-3-16-13-10-5-7-19-8-6-17-14(19)11(10)9-12(18-13)15(20)21-4-2/h5-9H,3-4H2,1-2H3,(H,16,18). The highest BCUT2D eigenvalue weighted by molar-refractivity contribution is 6.04. The average Bonchev–Trinajstić information content (AvgIpc) is 2.96. The predicted octanol–water partition coefficient (Wildman–Crippen LogP) is 2.49. The van der Waals surface area contributed by atoms with Gasteiger partial charge >= 0.3 is 5.97 Å². The normalized spacial score (nSPS) is 11.0. The number of rotatable bonds is 4. The van der Waals surface area contributed by atoms with Gasteiger partial charge in [-0.1, -0.05) is 0 Å². The number of carbonyl (C=O) groups is 1.